The third-order valence-corrected chi connectivity index (χ3v) is 4.67. The molecule has 1 aromatic carbocycles. The number of rotatable bonds is 4. The van der Waals surface area contributed by atoms with Gasteiger partial charge in [-0.3, -0.25) is 10.7 Å². The number of aromatic nitrogens is 2. The van der Waals surface area contributed by atoms with Crippen LogP contribution in [0.4, 0.5) is 17.5 Å². The molecule has 1 aliphatic rings. The zero-order chi connectivity index (χ0) is 18.5. The Labute approximate surface area is 162 Å². The van der Waals surface area contributed by atoms with Crippen LogP contribution in [0, 0.1) is 12.3 Å². The largest absolute Gasteiger partial charge is 0.366 e. The van der Waals surface area contributed by atoms with E-state index in [1.54, 1.807) is 18.2 Å². The fourth-order valence-corrected chi connectivity index (χ4v) is 3.04. The molecule has 1 saturated heterocycles. The molecule has 9 heteroatoms. The number of benzene rings is 1. The molecular formula is C17H21Cl2N7. The average molecular weight is 394 g/mol. The lowest BCUT2D eigenvalue weighted by atomic mass is 10.1. The van der Waals surface area contributed by atoms with Gasteiger partial charge in [0.1, 0.15) is 5.82 Å². The van der Waals surface area contributed by atoms with Crippen molar-refractivity contribution in [3.63, 3.8) is 0 Å². The number of nitrogens with zero attached hydrogens (tertiary/aromatic N) is 2. The number of hydrogen-bond donors (Lipinski definition) is 5. The average Bonchev–Trinajstić information content (AvgIpc) is 2.58. The molecule has 2 aromatic rings. The predicted octanol–water partition coefficient (Wildman–Crippen LogP) is 3.71. The molecule has 26 heavy (non-hydrogen) atoms. The maximum absolute atomic E-state index is 8.07. The standard InChI is InChI=1S/C17H21Cl2N7/c1-10-7-15(23-12-3-2-6-21-9-12)25-17(22-10)26-16(20)24-11-4-5-13(18)14(19)8-11/h4-5,7-8,12,21H,2-3,6,9H2,1H3,(H4,20,22,23,24,25,26)/t12-/m0/s1. The van der Waals surface area contributed by atoms with Crippen LogP contribution in [-0.2, 0) is 0 Å². The molecular weight excluding hydrogens is 373 g/mol. The molecule has 2 heterocycles. The van der Waals surface area contributed by atoms with Gasteiger partial charge in [0, 0.05) is 30.0 Å². The highest BCUT2D eigenvalue weighted by molar-refractivity contribution is 6.42. The number of halogens is 2. The normalized spacial score (nSPS) is 16.8. The van der Waals surface area contributed by atoms with Gasteiger partial charge in [-0.25, -0.2) is 4.98 Å². The third-order valence-electron chi connectivity index (χ3n) is 3.93. The maximum Gasteiger partial charge on any atom is 0.231 e. The van der Waals surface area contributed by atoms with E-state index in [9.17, 15) is 0 Å². The van der Waals surface area contributed by atoms with E-state index in [0.717, 1.165) is 37.4 Å². The number of aryl methyl sites for hydroxylation is 1. The van der Waals surface area contributed by atoms with Crippen molar-refractivity contribution in [2.75, 3.05) is 29.0 Å². The van der Waals surface area contributed by atoms with Crippen molar-refractivity contribution in [2.45, 2.75) is 25.8 Å². The highest BCUT2D eigenvalue weighted by atomic mass is 35.5. The van der Waals surface area contributed by atoms with E-state index in [1.165, 1.54) is 0 Å². The Morgan fingerprint density at radius 3 is 2.77 bits per heavy atom. The van der Waals surface area contributed by atoms with Crippen molar-refractivity contribution in [3.05, 3.63) is 40.0 Å². The number of guanidine groups is 1. The Morgan fingerprint density at radius 2 is 2.04 bits per heavy atom. The van der Waals surface area contributed by atoms with E-state index in [2.05, 4.69) is 31.2 Å². The van der Waals surface area contributed by atoms with Gasteiger partial charge >= 0.3 is 0 Å². The van der Waals surface area contributed by atoms with E-state index in [-0.39, 0.29) is 5.96 Å². The first kappa shape index (κ1) is 18.7. The SMILES string of the molecule is Cc1cc(N[C@H]2CCCNC2)nc(NC(=N)Nc2ccc(Cl)c(Cl)c2)n1. The summed E-state index contributed by atoms with van der Waals surface area (Å²) < 4.78 is 0. The summed E-state index contributed by atoms with van der Waals surface area (Å²) in [6.07, 6.45) is 2.25. The molecule has 0 amide bonds. The highest BCUT2D eigenvalue weighted by Crippen LogP contribution is 2.25. The van der Waals surface area contributed by atoms with Crippen LogP contribution in [0.1, 0.15) is 18.5 Å². The Kier molecular flexibility index (Phi) is 6.13. The first-order valence-electron chi connectivity index (χ1n) is 8.40. The van der Waals surface area contributed by atoms with Gasteiger partial charge in [-0.2, -0.15) is 4.98 Å². The van der Waals surface area contributed by atoms with Crippen LogP contribution in [-0.4, -0.2) is 35.1 Å². The summed E-state index contributed by atoms with van der Waals surface area (Å²) in [6, 6.07) is 7.31. The Bertz CT molecular complexity index is 791. The van der Waals surface area contributed by atoms with Crippen LogP contribution in [0.3, 0.4) is 0 Å². The minimum Gasteiger partial charge on any atom is -0.366 e. The van der Waals surface area contributed by atoms with Gasteiger partial charge in [-0.15, -0.1) is 0 Å². The van der Waals surface area contributed by atoms with Crippen molar-refractivity contribution in [2.24, 2.45) is 0 Å². The van der Waals surface area contributed by atoms with Crippen molar-refractivity contribution < 1.29 is 0 Å². The van der Waals surface area contributed by atoms with Gasteiger partial charge < -0.3 is 16.0 Å². The molecule has 0 bridgehead atoms. The van der Waals surface area contributed by atoms with Crippen LogP contribution in [0.25, 0.3) is 0 Å². The molecule has 1 aliphatic heterocycles. The second kappa shape index (κ2) is 8.53. The first-order valence-corrected chi connectivity index (χ1v) is 9.16. The summed E-state index contributed by atoms with van der Waals surface area (Å²) in [7, 11) is 0. The van der Waals surface area contributed by atoms with Gasteiger partial charge in [0.25, 0.3) is 0 Å². The van der Waals surface area contributed by atoms with Gasteiger partial charge in [-0.05, 0) is 44.5 Å². The van der Waals surface area contributed by atoms with Crippen LogP contribution in [0.5, 0.6) is 0 Å². The Balaban J connectivity index is 1.64. The molecule has 0 radical (unpaired) electrons. The van der Waals surface area contributed by atoms with Gasteiger partial charge in [0.05, 0.1) is 10.0 Å². The zero-order valence-electron chi connectivity index (χ0n) is 14.4. The molecule has 0 saturated carbocycles. The van der Waals surface area contributed by atoms with Gasteiger partial charge in [0.15, 0.2) is 5.96 Å². The second-order valence-corrected chi connectivity index (χ2v) is 6.97. The van der Waals surface area contributed by atoms with Crippen LogP contribution in [0.2, 0.25) is 10.0 Å². The Morgan fingerprint density at radius 1 is 1.19 bits per heavy atom. The van der Waals surface area contributed by atoms with E-state index >= 15 is 0 Å². The summed E-state index contributed by atoms with van der Waals surface area (Å²) >= 11 is 11.9. The van der Waals surface area contributed by atoms with Crippen LogP contribution in [0.15, 0.2) is 24.3 Å². The molecule has 1 fully saturated rings. The summed E-state index contributed by atoms with van der Waals surface area (Å²) in [5, 5.41) is 21.5. The monoisotopic (exact) mass is 393 g/mol. The van der Waals surface area contributed by atoms with Crippen molar-refractivity contribution >= 4 is 46.6 Å². The van der Waals surface area contributed by atoms with E-state index in [1.807, 2.05) is 13.0 Å². The Hall–Kier alpha value is -2.09. The van der Waals surface area contributed by atoms with E-state index in [4.69, 9.17) is 28.6 Å². The minimum atomic E-state index is 0.0410. The smallest absolute Gasteiger partial charge is 0.231 e. The highest BCUT2D eigenvalue weighted by Gasteiger charge is 2.14. The topological polar surface area (TPSA) is 97.8 Å². The first-order chi connectivity index (χ1) is 12.5. The summed E-state index contributed by atoms with van der Waals surface area (Å²) in [6.45, 7) is 3.87. The summed E-state index contributed by atoms with van der Waals surface area (Å²) in [5.74, 6) is 1.14. The third kappa shape index (κ3) is 5.20. The van der Waals surface area contributed by atoms with Gasteiger partial charge in [0.2, 0.25) is 5.95 Å². The number of hydrogen-bond acceptors (Lipinski definition) is 5. The predicted molar refractivity (Wildman–Crippen MR) is 108 cm³/mol. The molecule has 1 atom stereocenters. The molecule has 1 aromatic heterocycles. The van der Waals surface area contributed by atoms with Gasteiger partial charge in [-0.1, -0.05) is 23.2 Å². The summed E-state index contributed by atoms with van der Waals surface area (Å²) in [5.41, 5.74) is 1.47. The fourth-order valence-electron chi connectivity index (χ4n) is 2.74. The zero-order valence-corrected chi connectivity index (χ0v) is 15.9. The molecule has 0 aliphatic carbocycles. The van der Waals surface area contributed by atoms with Crippen LogP contribution < -0.4 is 21.3 Å². The molecule has 3 rings (SSSR count). The quantitative estimate of drug-likeness (QED) is 0.401. The van der Waals surface area contributed by atoms with Crippen molar-refractivity contribution in [1.29, 1.82) is 5.41 Å². The minimum absolute atomic E-state index is 0.0410. The maximum atomic E-state index is 8.07. The lowest BCUT2D eigenvalue weighted by molar-refractivity contribution is 0.479. The molecule has 0 unspecified atom stereocenters. The molecule has 7 nitrogen and oxygen atoms in total. The lowest BCUT2D eigenvalue weighted by Crippen LogP contribution is -2.38. The summed E-state index contributed by atoms with van der Waals surface area (Å²) in [4.78, 5) is 8.79. The molecule has 5 N–H and O–H groups in total. The van der Waals surface area contributed by atoms with Crippen LogP contribution >= 0.6 is 23.2 Å². The molecule has 138 valence electrons. The molecule has 0 spiro atoms. The van der Waals surface area contributed by atoms with E-state index in [0.29, 0.717) is 27.7 Å². The number of anilines is 3. The lowest BCUT2D eigenvalue weighted by Gasteiger charge is -2.24. The fraction of sp³-hybridized carbons (Fsp3) is 0.353. The van der Waals surface area contributed by atoms with E-state index < -0.39 is 0 Å². The second-order valence-electron chi connectivity index (χ2n) is 6.16. The number of piperidine rings is 1. The number of nitrogens with one attached hydrogen (secondary N) is 5. The van der Waals surface area contributed by atoms with Crippen molar-refractivity contribution in [3.8, 4) is 0 Å². The van der Waals surface area contributed by atoms with Crippen molar-refractivity contribution in [1.82, 2.24) is 15.3 Å².